The maximum Gasteiger partial charge on any atom is 0.418 e. The summed E-state index contributed by atoms with van der Waals surface area (Å²) in [5.41, 5.74) is 5.44. The van der Waals surface area contributed by atoms with Gasteiger partial charge in [-0.2, -0.15) is 13.2 Å². The second kappa shape index (κ2) is 13.3. The van der Waals surface area contributed by atoms with Crippen molar-refractivity contribution in [2.45, 2.75) is 68.8 Å². The summed E-state index contributed by atoms with van der Waals surface area (Å²) in [6, 6.07) is 9.83. The normalized spacial score (nSPS) is 25.9. The maximum absolute atomic E-state index is 14.1. The fourth-order valence-electron chi connectivity index (χ4n) is 8.59. The molecule has 3 N–H and O–H groups in total. The Kier molecular flexibility index (Phi) is 9.20. The Morgan fingerprint density at radius 1 is 0.980 bits per heavy atom. The molecule has 5 fully saturated rings. The van der Waals surface area contributed by atoms with Gasteiger partial charge in [-0.05, 0) is 80.4 Å². The number of alkyl halides is 3. The van der Waals surface area contributed by atoms with Crippen molar-refractivity contribution in [3.63, 3.8) is 0 Å². The summed E-state index contributed by atoms with van der Waals surface area (Å²) >= 11 is 6.12. The van der Waals surface area contributed by atoms with Gasteiger partial charge >= 0.3 is 12.3 Å². The highest BCUT2D eigenvalue weighted by molar-refractivity contribution is 6.33. The molecule has 6 heterocycles. The van der Waals surface area contributed by atoms with Gasteiger partial charge < -0.3 is 25.6 Å². The zero-order valence-electron chi connectivity index (χ0n) is 27.3. The van der Waals surface area contributed by atoms with Gasteiger partial charge in [0.15, 0.2) is 6.10 Å². The zero-order chi connectivity index (χ0) is 34.5. The first kappa shape index (κ1) is 33.9. The molecular formula is C35H42ClF3N6O4. The molecular weight excluding hydrogens is 661 g/mol. The van der Waals surface area contributed by atoms with Crippen LogP contribution in [0.3, 0.4) is 0 Å². The second-order valence-corrected chi connectivity index (χ2v) is 14.6. The Hall–Kier alpha value is -3.55. The summed E-state index contributed by atoms with van der Waals surface area (Å²) in [6.45, 7) is 4.94. The molecule has 6 aliphatic heterocycles. The van der Waals surface area contributed by atoms with Gasteiger partial charge in [-0.15, -0.1) is 0 Å². The number of fused-ring (bicyclic) bond motifs is 5. The predicted molar refractivity (Wildman–Crippen MR) is 178 cm³/mol. The molecule has 10 nitrogen and oxygen atoms in total. The van der Waals surface area contributed by atoms with E-state index in [1.165, 1.54) is 23.8 Å². The minimum absolute atomic E-state index is 0.0750. The van der Waals surface area contributed by atoms with Crippen molar-refractivity contribution in [3.05, 3.63) is 58.1 Å². The Morgan fingerprint density at radius 3 is 2.31 bits per heavy atom. The van der Waals surface area contributed by atoms with Gasteiger partial charge in [0.2, 0.25) is 5.91 Å². The standard InChI is InChI=1S/C35H42ClF3N6O4/c36-26-18-23(17-25(31(26)40)35(37,38)39)19-28(32(47)44-15-13-43(14-16-44)30-20-22-5-9-42(30)10-6-22)49-33(48)45-11-7-34(8-12-45)21-29(46)41-27-4-2-1-3-24(27)34/h1-4,17-18,22,28,30H,5-16,19-21,40H2,(H,41,46)/t28-,30?/m1/s1. The van der Waals surface area contributed by atoms with E-state index in [1.54, 1.807) is 4.90 Å². The minimum Gasteiger partial charge on any atom is -0.436 e. The number of ether oxygens (including phenoxy) is 1. The number of nitrogens with two attached hydrogens (primary N) is 1. The van der Waals surface area contributed by atoms with E-state index in [4.69, 9.17) is 22.1 Å². The number of amides is 3. The Balaban J connectivity index is 1.07. The molecule has 8 rings (SSSR count). The van der Waals surface area contributed by atoms with Gasteiger partial charge in [0.05, 0.1) is 22.4 Å². The highest BCUT2D eigenvalue weighted by Crippen LogP contribution is 2.45. The number of nitrogens with zero attached hydrogens (tertiary/aromatic N) is 4. The lowest BCUT2D eigenvalue weighted by atomic mass is 9.68. The van der Waals surface area contributed by atoms with Crippen molar-refractivity contribution in [1.82, 2.24) is 19.6 Å². The number of carbonyl (C=O) groups is 3. The molecule has 14 heteroatoms. The lowest BCUT2D eigenvalue weighted by Crippen LogP contribution is -2.62. The molecule has 0 aromatic heterocycles. The lowest BCUT2D eigenvalue weighted by Gasteiger charge is -2.51. The highest BCUT2D eigenvalue weighted by atomic mass is 35.5. The fourth-order valence-corrected chi connectivity index (χ4v) is 8.83. The summed E-state index contributed by atoms with van der Waals surface area (Å²) in [4.78, 5) is 48.4. The topological polar surface area (TPSA) is 111 Å². The molecule has 264 valence electrons. The van der Waals surface area contributed by atoms with Crippen LogP contribution in [0.15, 0.2) is 36.4 Å². The van der Waals surface area contributed by atoms with Gasteiger partial charge in [-0.3, -0.25) is 19.4 Å². The molecule has 1 spiro atoms. The third kappa shape index (κ3) is 6.81. The molecule has 5 saturated heterocycles. The first-order chi connectivity index (χ1) is 23.4. The predicted octanol–water partition coefficient (Wildman–Crippen LogP) is 4.95. The average Bonchev–Trinajstić information content (AvgIpc) is 3.09. The molecule has 2 bridgehead atoms. The molecule has 2 aromatic carbocycles. The second-order valence-electron chi connectivity index (χ2n) is 14.2. The number of nitrogens with one attached hydrogen (secondary N) is 1. The van der Waals surface area contributed by atoms with E-state index in [2.05, 4.69) is 15.1 Å². The van der Waals surface area contributed by atoms with Crippen molar-refractivity contribution in [1.29, 1.82) is 0 Å². The van der Waals surface area contributed by atoms with E-state index in [0.29, 0.717) is 64.7 Å². The summed E-state index contributed by atoms with van der Waals surface area (Å²) in [6.07, 6.45) is -1.85. The van der Waals surface area contributed by atoms with E-state index in [9.17, 15) is 27.6 Å². The van der Waals surface area contributed by atoms with Crippen molar-refractivity contribution in [2.75, 3.05) is 63.4 Å². The summed E-state index contributed by atoms with van der Waals surface area (Å²) in [5.74, 6) is 0.210. The van der Waals surface area contributed by atoms with Crippen LogP contribution in [0.25, 0.3) is 0 Å². The third-order valence-electron chi connectivity index (χ3n) is 11.3. The Morgan fingerprint density at radius 2 is 1.65 bits per heavy atom. The number of anilines is 2. The van der Waals surface area contributed by atoms with Crippen LogP contribution in [0, 0.1) is 5.92 Å². The molecule has 2 atom stereocenters. The molecule has 0 saturated carbocycles. The fraction of sp³-hybridized carbons (Fsp3) is 0.571. The van der Waals surface area contributed by atoms with E-state index < -0.39 is 40.9 Å². The number of nitrogen functional groups attached to an aromatic ring is 1. The van der Waals surface area contributed by atoms with Crippen molar-refractivity contribution in [2.24, 2.45) is 5.92 Å². The molecule has 1 unspecified atom stereocenters. The third-order valence-corrected chi connectivity index (χ3v) is 11.7. The number of benzene rings is 2. The number of piperazine rings is 1. The average molecular weight is 703 g/mol. The Labute approximate surface area is 288 Å². The van der Waals surface area contributed by atoms with Gasteiger partial charge in [0.1, 0.15) is 0 Å². The first-order valence-electron chi connectivity index (χ1n) is 17.2. The molecule has 0 radical (unpaired) electrons. The van der Waals surface area contributed by atoms with Crippen LogP contribution in [0.2, 0.25) is 5.02 Å². The van der Waals surface area contributed by atoms with Crippen LogP contribution in [-0.2, 0) is 32.3 Å². The van der Waals surface area contributed by atoms with Gasteiger partial charge in [0, 0.05) is 63.2 Å². The van der Waals surface area contributed by atoms with Crippen molar-refractivity contribution < 1.29 is 32.3 Å². The van der Waals surface area contributed by atoms with Crippen LogP contribution in [0.1, 0.15) is 55.2 Å². The van der Waals surface area contributed by atoms with Gasteiger partial charge in [-0.1, -0.05) is 29.8 Å². The zero-order valence-corrected chi connectivity index (χ0v) is 28.1. The van der Waals surface area contributed by atoms with Gasteiger partial charge in [0.25, 0.3) is 5.91 Å². The number of halogens is 4. The molecule has 3 amide bonds. The van der Waals surface area contributed by atoms with Gasteiger partial charge in [-0.25, -0.2) is 4.79 Å². The number of likely N-dealkylation sites (tertiary alicyclic amines) is 1. The SMILES string of the molecule is Nc1c(Cl)cc(C[C@@H](OC(=O)N2CCC3(CC2)CC(=O)Nc2ccccc23)C(=O)N2CCN(C3CC4CCN3CC4)CC2)cc1C(F)(F)F. The highest BCUT2D eigenvalue weighted by Gasteiger charge is 2.45. The summed E-state index contributed by atoms with van der Waals surface area (Å²) in [5, 5.41) is 2.64. The van der Waals surface area contributed by atoms with Crippen molar-refractivity contribution in [3.8, 4) is 0 Å². The van der Waals surface area contributed by atoms with Crippen LogP contribution in [-0.4, -0.2) is 102 Å². The number of para-hydroxylation sites is 1. The number of carbonyl (C=O) groups excluding carboxylic acids is 3. The quantitative estimate of drug-likeness (QED) is 0.425. The lowest BCUT2D eigenvalue weighted by molar-refractivity contribution is -0.144. The first-order valence-corrected chi connectivity index (χ1v) is 17.5. The monoisotopic (exact) mass is 702 g/mol. The van der Waals surface area contributed by atoms with Crippen LogP contribution in [0.4, 0.5) is 29.3 Å². The number of hydrogen-bond acceptors (Lipinski definition) is 7. The summed E-state index contributed by atoms with van der Waals surface area (Å²) < 4.78 is 47.4. The maximum atomic E-state index is 14.1. The van der Waals surface area contributed by atoms with Crippen LogP contribution in [0.5, 0.6) is 0 Å². The number of hydrogen-bond donors (Lipinski definition) is 2. The number of piperidine rings is 4. The van der Waals surface area contributed by atoms with E-state index in [0.717, 1.165) is 42.7 Å². The molecule has 6 aliphatic rings. The molecule has 0 aliphatic carbocycles. The smallest absolute Gasteiger partial charge is 0.418 e. The minimum atomic E-state index is -4.76. The van der Waals surface area contributed by atoms with Crippen molar-refractivity contribution >= 4 is 40.9 Å². The van der Waals surface area contributed by atoms with E-state index >= 15 is 0 Å². The van der Waals surface area contributed by atoms with Crippen LogP contribution >= 0.6 is 11.6 Å². The number of rotatable bonds is 5. The van der Waals surface area contributed by atoms with E-state index in [1.807, 2.05) is 24.3 Å². The Bertz CT molecular complexity index is 1600. The van der Waals surface area contributed by atoms with E-state index in [-0.39, 0.29) is 22.9 Å². The molecule has 2 aromatic rings. The van der Waals surface area contributed by atoms with Crippen LogP contribution < -0.4 is 11.1 Å². The summed E-state index contributed by atoms with van der Waals surface area (Å²) in [7, 11) is 0. The largest absolute Gasteiger partial charge is 0.436 e. The molecule has 49 heavy (non-hydrogen) atoms.